The van der Waals surface area contributed by atoms with Crippen molar-refractivity contribution in [3.8, 4) is 0 Å². The molecule has 0 spiro atoms. The first-order valence-electron chi connectivity index (χ1n) is 11.9. The molecule has 0 aliphatic rings. The zero-order valence-corrected chi connectivity index (χ0v) is 20.6. The van der Waals surface area contributed by atoms with E-state index >= 15 is 0 Å². The van der Waals surface area contributed by atoms with Gasteiger partial charge in [0.15, 0.2) is 0 Å². The van der Waals surface area contributed by atoms with Gasteiger partial charge in [-0.15, -0.1) is 0 Å². The van der Waals surface area contributed by atoms with Gasteiger partial charge in [-0.3, -0.25) is 0 Å². The molecule has 0 amide bonds. The molecule has 0 N–H and O–H groups in total. The highest BCUT2D eigenvalue weighted by atomic mass is 14.1. The van der Waals surface area contributed by atoms with Crippen molar-refractivity contribution in [2.24, 2.45) is 0 Å². The van der Waals surface area contributed by atoms with Crippen LogP contribution in [0.25, 0.3) is 21.5 Å². The summed E-state index contributed by atoms with van der Waals surface area (Å²) in [6.45, 7) is 13.7. The Bertz CT molecular complexity index is 1420. The van der Waals surface area contributed by atoms with E-state index in [1.807, 2.05) is 0 Å². The largest absolute Gasteiger partial charge is 0.243 e. The van der Waals surface area contributed by atoms with Gasteiger partial charge in [-0.2, -0.15) is 0 Å². The van der Waals surface area contributed by atoms with Crippen molar-refractivity contribution < 1.29 is 0 Å². The third-order valence-corrected chi connectivity index (χ3v) is 7.14. The van der Waals surface area contributed by atoms with Gasteiger partial charge in [0.1, 0.15) is 0 Å². The van der Waals surface area contributed by atoms with Gasteiger partial charge in [0.25, 0.3) is 0 Å². The molecule has 0 bridgehead atoms. The van der Waals surface area contributed by atoms with Crippen molar-refractivity contribution in [2.75, 3.05) is 0 Å². The van der Waals surface area contributed by atoms with Gasteiger partial charge in [0.05, 0.1) is 0 Å². The van der Waals surface area contributed by atoms with E-state index < -0.39 is 0 Å². The molecule has 33 heavy (non-hydrogen) atoms. The molecule has 0 aromatic heterocycles. The van der Waals surface area contributed by atoms with Crippen molar-refractivity contribution in [2.45, 2.75) is 41.5 Å². The van der Waals surface area contributed by atoms with Gasteiger partial charge in [-0.25, -0.2) is 0 Å². The number of hydrogen-bond donors (Lipinski definition) is 0. The Hall–Kier alpha value is -3.32. The van der Waals surface area contributed by atoms with Gasteiger partial charge < -0.3 is 0 Å². The lowest BCUT2D eigenvalue weighted by Gasteiger charge is -2.25. The van der Waals surface area contributed by atoms with Crippen LogP contribution in [-0.4, -0.2) is 6.71 Å². The van der Waals surface area contributed by atoms with E-state index in [0.717, 1.165) is 0 Å². The Morgan fingerprint density at radius 3 is 1.42 bits per heavy atom. The van der Waals surface area contributed by atoms with E-state index in [0.29, 0.717) is 0 Å². The molecule has 0 aliphatic heterocycles. The van der Waals surface area contributed by atoms with Crippen LogP contribution in [0.3, 0.4) is 0 Å². The van der Waals surface area contributed by atoms with E-state index in [4.69, 9.17) is 0 Å². The van der Waals surface area contributed by atoms with E-state index in [1.165, 1.54) is 71.3 Å². The van der Waals surface area contributed by atoms with Crippen LogP contribution in [0, 0.1) is 41.5 Å². The van der Waals surface area contributed by atoms with Crippen molar-refractivity contribution in [1.29, 1.82) is 0 Å². The number of rotatable bonds is 3. The van der Waals surface area contributed by atoms with Crippen LogP contribution in [0.5, 0.6) is 0 Å². The number of aryl methyl sites for hydroxylation is 6. The Morgan fingerprint density at radius 2 is 0.909 bits per heavy atom. The van der Waals surface area contributed by atoms with E-state index in [9.17, 15) is 0 Å². The lowest BCUT2D eigenvalue weighted by Crippen LogP contribution is -2.56. The Labute approximate surface area is 198 Å². The maximum absolute atomic E-state index is 2.39. The molecule has 5 rings (SSSR count). The minimum absolute atomic E-state index is 0.191. The summed E-state index contributed by atoms with van der Waals surface area (Å²) in [5.74, 6) is 0. The third-order valence-electron chi connectivity index (χ3n) is 7.14. The van der Waals surface area contributed by atoms with Crippen molar-refractivity contribution in [1.82, 2.24) is 0 Å². The molecule has 1 heteroatoms. The maximum Gasteiger partial charge on any atom is 0.243 e. The van der Waals surface area contributed by atoms with E-state index in [-0.39, 0.29) is 6.71 Å². The molecule has 0 heterocycles. The topological polar surface area (TPSA) is 0 Å². The summed E-state index contributed by atoms with van der Waals surface area (Å²) in [5.41, 5.74) is 12.4. The summed E-state index contributed by atoms with van der Waals surface area (Å²) >= 11 is 0. The molecule has 0 saturated heterocycles. The summed E-state index contributed by atoms with van der Waals surface area (Å²) in [6, 6.07) is 29.6. The molecule has 0 aliphatic carbocycles. The average molecular weight is 426 g/mol. The van der Waals surface area contributed by atoms with Gasteiger partial charge in [0, 0.05) is 0 Å². The van der Waals surface area contributed by atoms with Crippen LogP contribution in [0.2, 0.25) is 0 Å². The molecule has 0 unspecified atom stereocenters. The highest BCUT2D eigenvalue weighted by molar-refractivity contribution is 6.98. The fraction of sp³-hybridized carbons (Fsp3) is 0.188. The summed E-state index contributed by atoms with van der Waals surface area (Å²) < 4.78 is 0. The highest BCUT2D eigenvalue weighted by Gasteiger charge is 2.29. The van der Waals surface area contributed by atoms with Gasteiger partial charge in [-0.1, -0.05) is 116 Å². The van der Waals surface area contributed by atoms with Gasteiger partial charge in [-0.05, 0) is 75.2 Å². The minimum atomic E-state index is 0.191. The summed E-state index contributed by atoms with van der Waals surface area (Å²) in [6.07, 6.45) is 0. The van der Waals surface area contributed by atoms with E-state index in [1.54, 1.807) is 0 Å². The minimum Gasteiger partial charge on any atom is -0.0663 e. The smallest absolute Gasteiger partial charge is 0.0663 e. The second-order valence-corrected chi connectivity index (χ2v) is 9.83. The molecule has 0 atom stereocenters. The zero-order valence-electron chi connectivity index (χ0n) is 20.6. The summed E-state index contributed by atoms with van der Waals surface area (Å²) in [7, 11) is 0. The molecule has 0 fully saturated rings. The SMILES string of the molecule is Cc1cc(C)c(B(c2c(C)cc(C)cc2C)c2cccc3cc4ccccc4cc23)c(C)c1. The van der Waals surface area contributed by atoms with Crippen LogP contribution in [-0.2, 0) is 0 Å². The first-order chi connectivity index (χ1) is 15.8. The quantitative estimate of drug-likeness (QED) is 0.233. The average Bonchev–Trinajstić information content (AvgIpc) is 2.75. The molecular formula is C32H31B. The van der Waals surface area contributed by atoms with Crippen molar-refractivity contribution in [3.05, 3.63) is 112 Å². The summed E-state index contributed by atoms with van der Waals surface area (Å²) in [4.78, 5) is 0. The Kier molecular flexibility index (Phi) is 5.37. The lowest BCUT2D eigenvalue weighted by molar-refractivity contribution is 1.34. The first-order valence-corrected chi connectivity index (χ1v) is 11.9. The summed E-state index contributed by atoms with van der Waals surface area (Å²) in [5, 5.41) is 5.25. The molecule has 5 aromatic rings. The van der Waals surface area contributed by atoms with Crippen LogP contribution in [0.4, 0.5) is 0 Å². The zero-order chi connectivity index (χ0) is 23.3. The molecule has 5 aromatic carbocycles. The Balaban J connectivity index is 1.90. The maximum atomic E-state index is 2.39. The number of hydrogen-bond acceptors (Lipinski definition) is 0. The van der Waals surface area contributed by atoms with Gasteiger partial charge in [0.2, 0.25) is 6.71 Å². The second kappa shape index (κ2) is 8.23. The number of benzene rings is 5. The fourth-order valence-electron chi connectivity index (χ4n) is 5.99. The molecular weight excluding hydrogens is 395 g/mol. The van der Waals surface area contributed by atoms with Gasteiger partial charge >= 0.3 is 0 Å². The van der Waals surface area contributed by atoms with Crippen LogP contribution >= 0.6 is 0 Å². The monoisotopic (exact) mass is 426 g/mol. The third kappa shape index (κ3) is 3.76. The van der Waals surface area contributed by atoms with Crippen molar-refractivity contribution in [3.63, 3.8) is 0 Å². The molecule has 0 saturated carbocycles. The highest BCUT2D eigenvalue weighted by Crippen LogP contribution is 2.23. The van der Waals surface area contributed by atoms with Crippen LogP contribution < -0.4 is 16.4 Å². The number of fused-ring (bicyclic) bond motifs is 2. The van der Waals surface area contributed by atoms with Crippen molar-refractivity contribution >= 4 is 44.6 Å². The predicted octanol–water partition coefficient (Wildman–Crippen LogP) is 6.36. The second-order valence-electron chi connectivity index (χ2n) is 9.83. The van der Waals surface area contributed by atoms with E-state index in [2.05, 4.69) is 120 Å². The molecule has 0 radical (unpaired) electrons. The normalized spacial score (nSPS) is 11.3. The van der Waals surface area contributed by atoms with Crippen LogP contribution in [0.15, 0.2) is 78.9 Å². The van der Waals surface area contributed by atoms with Crippen LogP contribution in [0.1, 0.15) is 33.4 Å². The standard InChI is InChI=1S/C32H31B/c1-20-14-22(3)31(23(4)15-20)33(32-24(5)16-21(2)17-25(32)6)30-13-9-12-28-18-26-10-7-8-11-27(26)19-29(28)30/h7-19H,1-6H3. The lowest BCUT2D eigenvalue weighted by atomic mass is 9.33. The predicted molar refractivity (Wildman–Crippen MR) is 147 cm³/mol. The molecule has 0 nitrogen and oxygen atoms in total. The fourth-order valence-corrected chi connectivity index (χ4v) is 5.99. The molecule has 162 valence electrons. The Morgan fingerprint density at radius 1 is 0.455 bits per heavy atom. The first kappa shape index (κ1) is 21.5.